The molecule has 0 saturated heterocycles. The zero-order valence-electron chi connectivity index (χ0n) is 22.6. The molecule has 0 fully saturated rings. The smallest absolute Gasteiger partial charge is 0.289 e. The molecule has 2 aromatic carbocycles. The minimum atomic E-state index is -4.35. The Hall–Kier alpha value is -2.60. The molecule has 0 aromatic heterocycles. The quantitative estimate of drug-likeness (QED) is 0.225. The van der Waals surface area contributed by atoms with Gasteiger partial charge in [-0.3, -0.25) is 14.9 Å². The number of nitrogens with zero attached hydrogens (tertiary/aromatic N) is 1. The molecular weight excluding hydrogens is 510 g/mol. The molecule has 11 heteroatoms. The first-order valence-corrected chi connectivity index (χ1v) is 16.7. The van der Waals surface area contributed by atoms with Crippen molar-refractivity contribution in [2.45, 2.75) is 76.2 Å². The van der Waals surface area contributed by atoms with E-state index in [9.17, 15) is 23.3 Å². The lowest BCUT2D eigenvalue weighted by atomic mass is 10.0. The van der Waals surface area contributed by atoms with E-state index in [2.05, 4.69) is 43.9 Å². The average Bonchev–Trinajstić information content (AvgIpc) is 2.80. The zero-order valence-corrected chi connectivity index (χ0v) is 24.5. The lowest BCUT2D eigenvalue weighted by molar-refractivity contribution is -0.387. The SMILES string of the molecule is CC(C)[C@H](NS(=O)(=O)c1ccccc1[N+](=O)[O-])C(=O)N[C@H](CO[Si](C)(C)C(C)(C)C)Cc1ccccc1. The van der Waals surface area contributed by atoms with Crippen molar-refractivity contribution in [2.75, 3.05) is 6.61 Å². The summed E-state index contributed by atoms with van der Waals surface area (Å²) < 4.78 is 35.0. The number of nitrogens with one attached hydrogen (secondary N) is 2. The van der Waals surface area contributed by atoms with Crippen LogP contribution in [0.1, 0.15) is 40.2 Å². The lowest BCUT2D eigenvalue weighted by Gasteiger charge is -2.37. The number of amides is 1. The van der Waals surface area contributed by atoms with Gasteiger partial charge in [-0.05, 0) is 42.1 Å². The number of carbonyl (C=O) groups excluding carboxylic acids is 1. The molecule has 2 rings (SSSR count). The maximum absolute atomic E-state index is 13.4. The normalized spacial score (nSPS) is 14.3. The van der Waals surface area contributed by atoms with E-state index < -0.39 is 57.8 Å². The van der Waals surface area contributed by atoms with Crippen LogP contribution in [0.15, 0.2) is 59.5 Å². The molecule has 0 spiro atoms. The molecule has 37 heavy (non-hydrogen) atoms. The van der Waals surface area contributed by atoms with Crippen LogP contribution in [0.4, 0.5) is 5.69 Å². The molecule has 0 heterocycles. The number of carbonyl (C=O) groups is 1. The Labute approximate surface area is 221 Å². The Morgan fingerprint density at radius 3 is 2.16 bits per heavy atom. The first-order chi connectivity index (χ1) is 17.0. The number of nitro benzene ring substituents is 1. The lowest BCUT2D eigenvalue weighted by Crippen LogP contribution is -2.54. The summed E-state index contributed by atoms with van der Waals surface area (Å²) in [6.07, 6.45) is 0.503. The van der Waals surface area contributed by atoms with Crippen LogP contribution in [0.5, 0.6) is 0 Å². The minimum Gasteiger partial charge on any atom is -0.415 e. The van der Waals surface area contributed by atoms with Crippen LogP contribution in [0.3, 0.4) is 0 Å². The monoisotopic (exact) mass is 549 g/mol. The first-order valence-electron chi connectivity index (χ1n) is 12.3. The standard InChI is InChI=1S/C26H39N3O6SSi/c1-19(2)24(28-36(33,34)23-16-12-11-15-22(23)29(31)32)25(30)27-21(17-20-13-9-8-10-14-20)18-35-37(6,7)26(3,4)5/h8-16,19,21,24,28H,17-18H2,1-7H3,(H,27,30)/t21-,24-/m0/s1. The van der Waals surface area contributed by atoms with E-state index in [0.717, 1.165) is 17.7 Å². The second kappa shape index (κ2) is 12.3. The van der Waals surface area contributed by atoms with E-state index in [-0.39, 0.29) is 11.6 Å². The second-order valence-corrected chi connectivity index (χ2v) is 17.5. The van der Waals surface area contributed by atoms with Gasteiger partial charge < -0.3 is 9.74 Å². The summed E-state index contributed by atoms with van der Waals surface area (Å²) in [5.74, 6) is -0.937. The molecule has 0 saturated carbocycles. The highest BCUT2D eigenvalue weighted by Gasteiger charge is 2.38. The first kappa shape index (κ1) is 30.6. The van der Waals surface area contributed by atoms with Crippen LogP contribution in [-0.2, 0) is 25.7 Å². The van der Waals surface area contributed by atoms with Gasteiger partial charge in [-0.25, -0.2) is 8.42 Å². The molecule has 2 atom stereocenters. The predicted octanol–water partition coefficient (Wildman–Crippen LogP) is 4.65. The Balaban J connectivity index is 2.29. The second-order valence-electron chi connectivity index (χ2n) is 11.0. The number of sulfonamides is 1. The highest BCUT2D eigenvalue weighted by molar-refractivity contribution is 7.89. The molecule has 0 radical (unpaired) electrons. The van der Waals surface area contributed by atoms with Gasteiger partial charge in [0.2, 0.25) is 15.9 Å². The maximum Gasteiger partial charge on any atom is 0.289 e. The number of benzene rings is 2. The molecule has 0 bridgehead atoms. The number of hydrogen-bond donors (Lipinski definition) is 2. The summed E-state index contributed by atoms with van der Waals surface area (Å²) in [5.41, 5.74) is 0.454. The topological polar surface area (TPSA) is 128 Å². The van der Waals surface area contributed by atoms with Crippen LogP contribution < -0.4 is 10.0 Å². The largest absolute Gasteiger partial charge is 0.415 e. The average molecular weight is 550 g/mol. The van der Waals surface area contributed by atoms with Crippen molar-refractivity contribution in [3.63, 3.8) is 0 Å². The Kier molecular flexibility index (Phi) is 10.2. The molecular formula is C26H39N3O6SSi. The van der Waals surface area contributed by atoms with Gasteiger partial charge in [0.25, 0.3) is 5.69 Å². The fourth-order valence-electron chi connectivity index (χ4n) is 3.42. The van der Waals surface area contributed by atoms with Gasteiger partial charge in [0.1, 0.15) is 6.04 Å². The minimum absolute atomic E-state index is 0.0190. The maximum atomic E-state index is 13.4. The Morgan fingerprint density at radius 1 is 1.05 bits per heavy atom. The van der Waals surface area contributed by atoms with Crippen molar-refractivity contribution in [2.24, 2.45) is 5.92 Å². The summed E-state index contributed by atoms with van der Waals surface area (Å²) in [5, 5.41) is 14.3. The van der Waals surface area contributed by atoms with Crippen LogP contribution in [0.2, 0.25) is 18.1 Å². The third kappa shape index (κ3) is 8.46. The molecule has 204 valence electrons. The highest BCUT2D eigenvalue weighted by Crippen LogP contribution is 2.36. The van der Waals surface area contributed by atoms with Crippen molar-refractivity contribution in [1.82, 2.24) is 10.0 Å². The van der Waals surface area contributed by atoms with Gasteiger partial charge in [-0.1, -0.05) is 77.1 Å². The third-order valence-electron chi connectivity index (χ3n) is 6.71. The van der Waals surface area contributed by atoms with E-state index in [1.165, 1.54) is 12.1 Å². The van der Waals surface area contributed by atoms with E-state index in [4.69, 9.17) is 4.43 Å². The molecule has 9 nitrogen and oxygen atoms in total. The number of hydrogen-bond acceptors (Lipinski definition) is 6. The van der Waals surface area contributed by atoms with Crippen molar-refractivity contribution in [1.29, 1.82) is 0 Å². The summed E-state index contributed by atoms with van der Waals surface area (Å²) in [6, 6.07) is 13.2. The number of para-hydroxylation sites is 1. The Bertz CT molecular complexity index is 1180. The molecule has 0 aliphatic carbocycles. The molecule has 2 aromatic rings. The van der Waals surface area contributed by atoms with E-state index in [1.54, 1.807) is 13.8 Å². The van der Waals surface area contributed by atoms with Gasteiger partial charge in [0.05, 0.1) is 17.6 Å². The van der Waals surface area contributed by atoms with Crippen molar-refractivity contribution in [3.8, 4) is 0 Å². The fraction of sp³-hybridized carbons (Fsp3) is 0.500. The number of nitro groups is 1. The molecule has 0 aliphatic heterocycles. The predicted molar refractivity (Wildman–Crippen MR) is 147 cm³/mol. The Morgan fingerprint density at radius 2 is 1.62 bits per heavy atom. The van der Waals surface area contributed by atoms with Gasteiger partial charge in [0, 0.05) is 6.07 Å². The van der Waals surface area contributed by atoms with E-state index in [0.29, 0.717) is 6.42 Å². The van der Waals surface area contributed by atoms with Gasteiger partial charge in [-0.2, -0.15) is 4.72 Å². The van der Waals surface area contributed by atoms with Crippen LogP contribution in [-0.4, -0.2) is 46.3 Å². The molecule has 1 amide bonds. The van der Waals surface area contributed by atoms with Crippen molar-refractivity contribution < 1.29 is 22.6 Å². The van der Waals surface area contributed by atoms with Crippen LogP contribution in [0, 0.1) is 16.0 Å². The molecule has 2 N–H and O–H groups in total. The van der Waals surface area contributed by atoms with Crippen LogP contribution >= 0.6 is 0 Å². The number of rotatable bonds is 12. The summed E-state index contributed by atoms with van der Waals surface area (Å²) in [7, 11) is -6.46. The van der Waals surface area contributed by atoms with Crippen molar-refractivity contribution in [3.05, 3.63) is 70.3 Å². The zero-order chi connectivity index (χ0) is 28.0. The molecule has 0 unspecified atom stereocenters. The molecule has 0 aliphatic rings. The van der Waals surface area contributed by atoms with Crippen LogP contribution in [0.25, 0.3) is 0 Å². The highest BCUT2D eigenvalue weighted by atomic mass is 32.2. The van der Waals surface area contributed by atoms with Crippen molar-refractivity contribution >= 4 is 29.9 Å². The van der Waals surface area contributed by atoms with Gasteiger partial charge in [-0.15, -0.1) is 0 Å². The van der Waals surface area contributed by atoms with E-state index >= 15 is 0 Å². The summed E-state index contributed by atoms with van der Waals surface area (Å²) in [6.45, 7) is 14.4. The van der Waals surface area contributed by atoms with Gasteiger partial charge in [0.15, 0.2) is 13.2 Å². The summed E-state index contributed by atoms with van der Waals surface area (Å²) in [4.78, 5) is 23.6. The third-order valence-corrected chi connectivity index (χ3v) is 12.7. The fourth-order valence-corrected chi connectivity index (χ4v) is 5.99. The van der Waals surface area contributed by atoms with Gasteiger partial charge >= 0.3 is 0 Å². The van der Waals surface area contributed by atoms with E-state index in [1.807, 2.05) is 30.3 Å². The summed E-state index contributed by atoms with van der Waals surface area (Å²) >= 11 is 0.